The van der Waals surface area contributed by atoms with Gasteiger partial charge in [-0.1, -0.05) is 72.4 Å². The normalized spacial score (nSPS) is 15.8. The maximum atomic E-state index is 12.2. The van der Waals surface area contributed by atoms with Crippen molar-refractivity contribution in [3.63, 3.8) is 0 Å². The molecule has 136 valence electrons. The second kappa shape index (κ2) is 8.04. The van der Waals surface area contributed by atoms with Crippen molar-refractivity contribution in [2.24, 2.45) is 5.92 Å². The highest BCUT2D eigenvalue weighted by Gasteiger charge is 2.42. The maximum Gasteiger partial charge on any atom is 0.314 e. The molecule has 3 heteroatoms. The van der Waals surface area contributed by atoms with E-state index in [-0.39, 0.29) is 17.1 Å². The number of hydrogen-bond acceptors (Lipinski definition) is 2. The predicted molar refractivity (Wildman–Crippen MR) is 99.7 cm³/mol. The monoisotopic (exact) mass is 334 g/mol. The standard InChI is InChI=1S/C21H34O3/c1-7-9-10-11-15(8-2)21(6,19(23)24)16-12-13-18(22)17(14-16)20(3,4)5/h12-15,22H,7-11H2,1-6H3,(H,23,24). The number of carboxylic acid groups (broad SMARTS) is 1. The molecule has 0 aromatic heterocycles. The first kappa shape index (κ1) is 20.5. The fourth-order valence-electron chi connectivity index (χ4n) is 3.54. The molecule has 0 saturated heterocycles. The summed E-state index contributed by atoms with van der Waals surface area (Å²) in [6.07, 6.45) is 5.07. The number of benzene rings is 1. The Morgan fingerprint density at radius 1 is 1.12 bits per heavy atom. The van der Waals surface area contributed by atoms with Gasteiger partial charge in [-0.05, 0) is 41.9 Å². The zero-order valence-electron chi connectivity index (χ0n) is 16.1. The number of hydrogen-bond donors (Lipinski definition) is 2. The Hall–Kier alpha value is -1.51. The van der Waals surface area contributed by atoms with Crippen LogP contribution in [0.3, 0.4) is 0 Å². The van der Waals surface area contributed by atoms with Gasteiger partial charge in [-0.3, -0.25) is 4.79 Å². The molecular weight excluding hydrogens is 300 g/mol. The van der Waals surface area contributed by atoms with Crippen LogP contribution in [0.2, 0.25) is 0 Å². The molecule has 3 nitrogen and oxygen atoms in total. The van der Waals surface area contributed by atoms with E-state index in [1.165, 1.54) is 0 Å². The summed E-state index contributed by atoms with van der Waals surface area (Å²) in [7, 11) is 0. The Balaban J connectivity index is 3.35. The van der Waals surface area contributed by atoms with E-state index >= 15 is 0 Å². The summed E-state index contributed by atoms with van der Waals surface area (Å²) in [4.78, 5) is 12.2. The van der Waals surface area contributed by atoms with Crippen molar-refractivity contribution < 1.29 is 15.0 Å². The Kier molecular flexibility index (Phi) is 6.88. The van der Waals surface area contributed by atoms with Gasteiger partial charge in [0.15, 0.2) is 0 Å². The van der Waals surface area contributed by atoms with E-state index in [0.29, 0.717) is 0 Å². The van der Waals surface area contributed by atoms with Crippen molar-refractivity contribution in [1.82, 2.24) is 0 Å². The van der Waals surface area contributed by atoms with Crippen LogP contribution in [0.15, 0.2) is 18.2 Å². The number of aliphatic carboxylic acids is 1. The van der Waals surface area contributed by atoms with Crippen LogP contribution in [0, 0.1) is 5.92 Å². The molecule has 0 bridgehead atoms. The van der Waals surface area contributed by atoms with Crippen LogP contribution in [0.4, 0.5) is 0 Å². The minimum atomic E-state index is -0.934. The second-order valence-corrected chi connectivity index (χ2v) is 8.09. The lowest BCUT2D eigenvalue weighted by Gasteiger charge is -2.35. The Labute approximate surface area is 147 Å². The Morgan fingerprint density at radius 2 is 1.75 bits per heavy atom. The minimum Gasteiger partial charge on any atom is -0.508 e. The summed E-state index contributed by atoms with van der Waals surface area (Å²) in [6.45, 7) is 12.2. The van der Waals surface area contributed by atoms with Crippen molar-refractivity contribution >= 4 is 5.97 Å². The molecule has 2 atom stereocenters. The Morgan fingerprint density at radius 3 is 2.21 bits per heavy atom. The number of carboxylic acids is 1. The smallest absolute Gasteiger partial charge is 0.314 e. The number of rotatable bonds is 8. The topological polar surface area (TPSA) is 57.5 Å². The van der Waals surface area contributed by atoms with E-state index < -0.39 is 11.4 Å². The average Bonchev–Trinajstić information content (AvgIpc) is 2.50. The van der Waals surface area contributed by atoms with Gasteiger partial charge in [0.05, 0.1) is 5.41 Å². The van der Waals surface area contributed by atoms with Crippen LogP contribution >= 0.6 is 0 Å². The zero-order chi connectivity index (χ0) is 18.5. The van der Waals surface area contributed by atoms with Crippen molar-refractivity contribution in [1.29, 1.82) is 0 Å². The van der Waals surface area contributed by atoms with E-state index in [0.717, 1.165) is 43.2 Å². The fraction of sp³-hybridized carbons (Fsp3) is 0.667. The summed E-state index contributed by atoms with van der Waals surface area (Å²) in [6, 6.07) is 5.32. The van der Waals surface area contributed by atoms with Gasteiger partial charge < -0.3 is 10.2 Å². The molecule has 0 aliphatic rings. The minimum absolute atomic E-state index is 0.0823. The Bertz CT molecular complexity index is 557. The fourth-order valence-corrected chi connectivity index (χ4v) is 3.54. The van der Waals surface area contributed by atoms with Gasteiger partial charge in [0, 0.05) is 0 Å². The molecule has 1 aromatic rings. The lowest BCUT2D eigenvalue weighted by molar-refractivity contribution is -0.145. The van der Waals surface area contributed by atoms with E-state index in [1.807, 2.05) is 33.8 Å². The summed E-state index contributed by atoms with van der Waals surface area (Å²) >= 11 is 0. The van der Waals surface area contributed by atoms with Gasteiger partial charge in [-0.15, -0.1) is 0 Å². The third-order valence-corrected chi connectivity index (χ3v) is 5.31. The molecule has 2 unspecified atom stereocenters. The number of phenols is 1. The lowest BCUT2D eigenvalue weighted by atomic mass is 9.67. The molecule has 2 N–H and O–H groups in total. The van der Waals surface area contributed by atoms with Gasteiger partial charge in [-0.25, -0.2) is 0 Å². The quantitative estimate of drug-likeness (QED) is 0.605. The van der Waals surface area contributed by atoms with Crippen LogP contribution in [0.1, 0.15) is 84.8 Å². The van der Waals surface area contributed by atoms with Crippen molar-refractivity contribution in [2.75, 3.05) is 0 Å². The molecule has 1 rings (SSSR count). The first-order valence-corrected chi connectivity index (χ1v) is 9.16. The van der Waals surface area contributed by atoms with Crippen LogP contribution in [-0.2, 0) is 15.6 Å². The lowest BCUT2D eigenvalue weighted by Crippen LogP contribution is -2.40. The maximum absolute atomic E-state index is 12.2. The second-order valence-electron chi connectivity index (χ2n) is 8.09. The molecule has 0 aliphatic carbocycles. The van der Waals surface area contributed by atoms with Gasteiger partial charge in [-0.2, -0.15) is 0 Å². The largest absolute Gasteiger partial charge is 0.508 e. The molecule has 0 heterocycles. The van der Waals surface area contributed by atoms with Crippen LogP contribution in [0.5, 0.6) is 5.75 Å². The van der Waals surface area contributed by atoms with Crippen LogP contribution in [-0.4, -0.2) is 16.2 Å². The highest BCUT2D eigenvalue weighted by Crippen LogP contribution is 2.41. The van der Waals surface area contributed by atoms with E-state index in [4.69, 9.17) is 0 Å². The summed E-state index contributed by atoms with van der Waals surface area (Å²) in [5, 5.41) is 20.2. The first-order valence-electron chi connectivity index (χ1n) is 9.16. The van der Waals surface area contributed by atoms with E-state index in [1.54, 1.807) is 12.1 Å². The third kappa shape index (κ3) is 4.31. The average molecular weight is 335 g/mol. The number of phenolic OH excluding ortho intramolecular Hbond substituents is 1. The molecular formula is C21H34O3. The van der Waals surface area contributed by atoms with Crippen LogP contribution < -0.4 is 0 Å². The molecule has 0 fully saturated rings. The predicted octanol–water partition coefficient (Wildman–Crippen LogP) is 5.64. The van der Waals surface area contributed by atoms with Gasteiger partial charge >= 0.3 is 5.97 Å². The van der Waals surface area contributed by atoms with Crippen molar-refractivity contribution in [3.05, 3.63) is 29.3 Å². The molecule has 0 spiro atoms. The molecule has 0 radical (unpaired) electrons. The SMILES string of the molecule is CCCCCC(CC)C(C)(C(=O)O)c1ccc(O)c(C(C)(C)C)c1. The molecule has 24 heavy (non-hydrogen) atoms. The van der Waals surface area contributed by atoms with E-state index in [2.05, 4.69) is 13.8 Å². The number of unbranched alkanes of at least 4 members (excludes halogenated alkanes) is 2. The van der Waals surface area contributed by atoms with Crippen molar-refractivity contribution in [2.45, 2.75) is 84.5 Å². The summed E-state index contributed by atoms with van der Waals surface area (Å²) < 4.78 is 0. The highest BCUT2D eigenvalue weighted by atomic mass is 16.4. The van der Waals surface area contributed by atoms with Crippen LogP contribution in [0.25, 0.3) is 0 Å². The molecule has 0 saturated carbocycles. The number of aromatic hydroxyl groups is 1. The van der Waals surface area contributed by atoms with E-state index in [9.17, 15) is 15.0 Å². The molecule has 1 aromatic carbocycles. The number of carbonyl (C=O) groups is 1. The van der Waals surface area contributed by atoms with Gasteiger partial charge in [0.25, 0.3) is 0 Å². The summed E-state index contributed by atoms with van der Waals surface area (Å²) in [5.41, 5.74) is 0.427. The summed E-state index contributed by atoms with van der Waals surface area (Å²) in [5.74, 6) is -0.465. The zero-order valence-corrected chi connectivity index (χ0v) is 16.1. The van der Waals surface area contributed by atoms with Crippen molar-refractivity contribution in [3.8, 4) is 5.75 Å². The first-order chi connectivity index (χ1) is 11.1. The van der Waals surface area contributed by atoms with Gasteiger partial charge in [0.2, 0.25) is 0 Å². The van der Waals surface area contributed by atoms with Gasteiger partial charge in [0.1, 0.15) is 5.75 Å². The molecule has 0 aliphatic heterocycles. The molecule has 0 amide bonds. The highest BCUT2D eigenvalue weighted by molar-refractivity contribution is 5.81. The third-order valence-electron chi connectivity index (χ3n) is 5.31.